The molecule has 2 aliphatic rings. The third-order valence-electron chi connectivity index (χ3n) is 3.03. The fourth-order valence-electron chi connectivity index (χ4n) is 1.93. The first-order chi connectivity index (χ1) is 7.81. The van der Waals surface area contributed by atoms with E-state index in [2.05, 4.69) is 13.0 Å². The lowest BCUT2D eigenvalue weighted by molar-refractivity contribution is 0.190. The third-order valence-corrected chi connectivity index (χ3v) is 3.03. The summed E-state index contributed by atoms with van der Waals surface area (Å²) >= 11 is 0. The number of ether oxygens (including phenoxy) is 3. The summed E-state index contributed by atoms with van der Waals surface area (Å²) in [5, 5.41) is 0. The largest absolute Gasteiger partial charge is 0.491 e. The Bertz CT molecular complexity index is 385. The fourth-order valence-corrected chi connectivity index (χ4v) is 1.93. The third kappa shape index (κ3) is 2.14. The summed E-state index contributed by atoms with van der Waals surface area (Å²) in [7, 11) is 0. The highest BCUT2D eigenvalue weighted by molar-refractivity contribution is 5.42. The highest BCUT2D eigenvalue weighted by Crippen LogP contribution is 2.31. The Morgan fingerprint density at radius 3 is 3.12 bits per heavy atom. The monoisotopic (exact) mass is 220 g/mol. The van der Waals surface area contributed by atoms with Crippen LogP contribution >= 0.6 is 0 Å². The highest BCUT2D eigenvalue weighted by atomic mass is 16.6. The molecule has 1 fully saturated rings. The molecule has 3 rings (SSSR count). The summed E-state index contributed by atoms with van der Waals surface area (Å²) in [5.41, 5.74) is 1.29. The standard InChI is InChI=1S/C13H16O3/c1-9-2-3-10-4-5-11(6-13(10)16-9)14-7-12-8-15-12/h4-6,9,12H,2-3,7-8H2,1H3. The van der Waals surface area contributed by atoms with Crippen LogP contribution in [-0.4, -0.2) is 25.4 Å². The van der Waals surface area contributed by atoms with Crippen LogP contribution < -0.4 is 9.47 Å². The fraction of sp³-hybridized carbons (Fsp3) is 0.538. The second-order valence-corrected chi connectivity index (χ2v) is 4.50. The average molecular weight is 220 g/mol. The molecule has 1 saturated heterocycles. The quantitative estimate of drug-likeness (QED) is 0.731. The number of epoxide rings is 1. The Balaban J connectivity index is 1.72. The van der Waals surface area contributed by atoms with Gasteiger partial charge in [0.05, 0.1) is 12.7 Å². The van der Waals surface area contributed by atoms with Crippen LogP contribution in [0.1, 0.15) is 18.9 Å². The maximum absolute atomic E-state index is 5.78. The normalized spacial score (nSPS) is 26.8. The Morgan fingerprint density at radius 1 is 1.44 bits per heavy atom. The second kappa shape index (κ2) is 3.98. The van der Waals surface area contributed by atoms with Crippen molar-refractivity contribution in [3.63, 3.8) is 0 Å². The van der Waals surface area contributed by atoms with E-state index in [1.165, 1.54) is 5.56 Å². The zero-order valence-corrected chi connectivity index (χ0v) is 9.44. The van der Waals surface area contributed by atoms with E-state index in [-0.39, 0.29) is 0 Å². The lowest BCUT2D eigenvalue weighted by Crippen LogP contribution is -2.18. The number of fused-ring (bicyclic) bond motifs is 1. The van der Waals surface area contributed by atoms with E-state index in [0.717, 1.165) is 30.9 Å². The minimum Gasteiger partial charge on any atom is -0.491 e. The van der Waals surface area contributed by atoms with Crippen LogP contribution in [0.25, 0.3) is 0 Å². The summed E-state index contributed by atoms with van der Waals surface area (Å²) in [6, 6.07) is 6.11. The highest BCUT2D eigenvalue weighted by Gasteiger charge is 2.23. The molecule has 2 unspecified atom stereocenters. The van der Waals surface area contributed by atoms with Gasteiger partial charge in [-0.2, -0.15) is 0 Å². The maximum Gasteiger partial charge on any atom is 0.126 e. The van der Waals surface area contributed by atoms with E-state index in [9.17, 15) is 0 Å². The Kier molecular flexibility index (Phi) is 2.48. The van der Waals surface area contributed by atoms with Crippen LogP contribution in [-0.2, 0) is 11.2 Å². The molecule has 3 heteroatoms. The van der Waals surface area contributed by atoms with Crippen molar-refractivity contribution in [2.75, 3.05) is 13.2 Å². The maximum atomic E-state index is 5.78. The summed E-state index contributed by atoms with van der Waals surface area (Å²) in [6.07, 6.45) is 2.82. The van der Waals surface area contributed by atoms with E-state index < -0.39 is 0 Å². The van der Waals surface area contributed by atoms with Gasteiger partial charge in [0.1, 0.15) is 24.2 Å². The van der Waals surface area contributed by atoms with Gasteiger partial charge in [0.25, 0.3) is 0 Å². The molecule has 0 radical (unpaired) electrons. The molecule has 0 N–H and O–H groups in total. The molecule has 2 heterocycles. The minimum atomic E-state index is 0.302. The first-order valence-corrected chi connectivity index (χ1v) is 5.85. The van der Waals surface area contributed by atoms with Gasteiger partial charge in [-0.1, -0.05) is 6.07 Å². The van der Waals surface area contributed by atoms with Gasteiger partial charge in [0, 0.05) is 6.07 Å². The summed E-state index contributed by atoms with van der Waals surface area (Å²) in [6.45, 7) is 3.58. The van der Waals surface area contributed by atoms with Gasteiger partial charge in [-0.25, -0.2) is 0 Å². The van der Waals surface area contributed by atoms with Crippen molar-refractivity contribution in [3.05, 3.63) is 23.8 Å². The van der Waals surface area contributed by atoms with Crippen LogP contribution in [0.2, 0.25) is 0 Å². The zero-order chi connectivity index (χ0) is 11.0. The SMILES string of the molecule is CC1CCc2ccc(OCC3CO3)cc2O1. The van der Waals surface area contributed by atoms with Crippen LogP contribution in [0, 0.1) is 0 Å². The van der Waals surface area contributed by atoms with Crippen molar-refractivity contribution in [3.8, 4) is 11.5 Å². The molecule has 0 bridgehead atoms. The van der Waals surface area contributed by atoms with Gasteiger partial charge in [-0.05, 0) is 31.4 Å². The van der Waals surface area contributed by atoms with Crippen molar-refractivity contribution < 1.29 is 14.2 Å². The Labute approximate surface area is 95.3 Å². The van der Waals surface area contributed by atoms with Crippen molar-refractivity contribution >= 4 is 0 Å². The molecule has 86 valence electrons. The lowest BCUT2D eigenvalue weighted by Gasteiger charge is -2.23. The predicted molar refractivity (Wildman–Crippen MR) is 60.1 cm³/mol. The zero-order valence-electron chi connectivity index (χ0n) is 9.44. The van der Waals surface area contributed by atoms with E-state index in [4.69, 9.17) is 14.2 Å². The summed E-state index contributed by atoms with van der Waals surface area (Å²) in [4.78, 5) is 0. The van der Waals surface area contributed by atoms with Crippen LogP contribution in [0.5, 0.6) is 11.5 Å². The molecule has 16 heavy (non-hydrogen) atoms. The molecular weight excluding hydrogens is 204 g/mol. The molecule has 1 aromatic carbocycles. The first-order valence-electron chi connectivity index (χ1n) is 5.85. The van der Waals surface area contributed by atoms with Crippen molar-refractivity contribution in [1.29, 1.82) is 0 Å². The first kappa shape index (κ1) is 9.97. The number of hydrogen-bond donors (Lipinski definition) is 0. The van der Waals surface area contributed by atoms with Gasteiger partial charge in [-0.3, -0.25) is 0 Å². The number of rotatable bonds is 3. The van der Waals surface area contributed by atoms with Crippen LogP contribution in [0.4, 0.5) is 0 Å². The van der Waals surface area contributed by atoms with Crippen molar-refractivity contribution in [2.24, 2.45) is 0 Å². The molecule has 0 amide bonds. The van der Waals surface area contributed by atoms with E-state index in [1.54, 1.807) is 0 Å². The smallest absolute Gasteiger partial charge is 0.126 e. The molecule has 2 atom stereocenters. The van der Waals surface area contributed by atoms with Crippen molar-refractivity contribution in [1.82, 2.24) is 0 Å². The summed E-state index contributed by atoms with van der Waals surface area (Å²) < 4.78 is 16.5. The average Bonchev–Trinajstić information content (AvgIpc) is 3.09. The van der Waals surface area contributed by atoms with Gasteiger partial charge in [0.15, 0.2) is 0 Å². The molecule has 0 saturated carbocycles. The van der Waals surface area contributed by atoms with Gasteiger partial charge < -0.3 is 14.2 Å². The summed E-state index contributed by atoms with van der Waals surface area (Å²) in [5.74, 6) is 1.86. The van der Waals surface area contributed by atoms with E-state index in [0.29, 0.717) is 18.8 Å². The Hall–Kier alpha value is -1.22. The number of aryl methyl sites for hydroxylation is 1. The van der Waals surface area contributed by atoms with Gasteiger partial charge in [0.2, 0.25) is 0 Å². The number of benzene rings is 1. The van der Waals surface area contributed by atoms with Crippen LogP contribution in [0.3, 0.4) is 0 Å². The molecule has 0 spiro atoms. The van der Waals surface area contributed by atoms with E-state index >= 15 is 0 Å². The van der Waals surface area contributed by atoms with E-state index in [1.807, 2.05) is 12.1 Å². The van der Waals surface area contributed by atoms with Crippen molar-refractivity contribution in [2.45, 2.75) is 32.0 Å². The molecule has 0 aliphatic carbocycles. The van der Waals surface area contributed by atoms with Gasteiger partial charge in [-0.15, -0.1) is 0 Å². The second-order valence-electron chi connectivity index (χ2n) is 4.50. The molecule has 3 nitrogen and oxygen atoms in total. The molecule has 0 aromatic heterocycles. The molecule has 1 aromatic rings. The molecular formula is C13H16O3. The Morgan fingerprint density at radius 2 is 2.31 bits per heavy atom. The lowest BCUT2D eigenvalue weighted by atomic mass is 10.0. The van der Waals surface area contributed by atoms with Gasteiger partial charge >= 0.3 is 0 Å². The number of hydrogen-bond acceptors (Lipinski definition) is 3. The molecule has 2 aliphatic heterocycles. The topological polar surface area (TPSA) is 31.0 Å². The minimum absolute atomic E-state index is 0.302. The van der Waals surface area contributed by atoms with Crippen LogP contribution in [0.15, 0.2) is 18.2 Å². The predicted octanol–water partition coefficient (Wildman–Crippen LogP) is 2.18.